The van der Waals surface area contributed by atoms with E-state index in [-0.39, 0.29) is 11.9 Å². The zero-order valence-corrected chi connectivity index (χ0v) is 15.2. The molecular weight excluding hydrogens is 370 g/mol. The van der Waals surface area contributed by atoms with E-state index in [1.54, 1.807) is 12.4 Å². The van der Waals surface area contributed by atoms with Crippen molar-refractivity contribution in [1.82, 2.24) is 19.5 Å². The predicted octanol–water partition coefficient (Wildman–Crippen LogP) is 2.25. The molecule has 2 N–H and O–H groups in total. The Balaban J connectivity index is 1.29. The molecule has 0 bridgehead atoms. The first-order chi connectivity index (χ1) is 13.1. The van der Waals surface area contributed by atoms with Crippen LogP contribution in [0.3, 0.4) is 0 Å². The highest BCUT2D eigenvalue weighted by atomic mass is 35.5. The number of nitrogens with two attached hydrogens (primary N) is 1. The third kappa shape index (κ3) is 3.66. The molecule has 0 radical (unpaired) electrons. The molecule has 8 nitrogen and oxygen atoms in total. The van der Waals surface area contributed by atoms with Gasteiger partial charge in [0.05, 0.1) is 18.9 Å². The Bertz CT molecular complexity index is 990. The molecule has 9 heteroatoms. The molecule has 2 aromatic heterocycles. The Morgan fingerprint density at radius 3 is 3.15 bits per heavy atom. The van der Waals surface area contributed by atoms with E-state index in [4.69, 9.17) is 26.8 Å². The summed E-state index contributed by atoms with van der Waals surface area (Å²) in [6.45, 7) is 1.23. The molecule has 0 aliphatic carbocycles. The molecule has 4 rings (SSSR count). The van der Waals surface area contributed by atoms with Crippen LogP contribution in [-0.2, 0) is 22.5 Å². The molecule has 1 atom stereocenters. The van der Waals surface area contributed by atoms with Crippen LogP contribution in [0.2, 0.25) is 5.02 Å². The van der Waals surface area contributed by atoms with Gasteiger partial charge in [-0.15, -0.1) is 0 Å². The van der Waals surface area contributed by atoms with Crippen LogP contribution in [0.5, 0.6) is 5.75 Å². The largest absolute Gasteiger partial charge is 0.492 e. The van der Waals surface area contributed by atoms with Crippen molar-refractivity contribution in [3.63, 3.8) is 0 Å². The monoisotopic (exact) mass is 387 g/mol. The molecule has 1 unspecified atom stereocenters. The highest BCUT2D eigenvalue weighted by Gasteiger charge is 2.27. The molecule has 140 valence electrons. The normalized spacial score (nSPS) is 16.0. The van der Waals surface area contributed by atoms with Gasteiger partial charge in [0.2, 0.25) is 0 Å². The fraction of sp³-hybridized carbons (Fsp3) is 0.333. The van der Waals surface area contributed by atoms with Crippen molar-refractivity contribution >= 4 is 34.6 Å². The number of aromatic nitrogens is 4. The number of imidazole rings is 1. The van der Waals surface area contributed by atoms with Gasteiger partial charge in [0, 0.05) is 11.6 Å². The quantitative estimate of drug-likeness (QED) is 0.528. The zero-order valence-electron chi connectivity index (χ0n) is 14.5. The van der Waals surface area contributed by atoms with E-state index in [2.05, 4.69) is 15.0 Å². The lowest BCUT2D eigenvalue weighted by Gasteiger charge is -2.24. The summed E-state index contributed by atoms with van der Waals surface area (Å²) in [5.74, 6) is 0.542. The molecule has 0 spiro atoms. The number of hydrogen-bond donors (Lipinski definition) is 1. The Morgan fingerprint density at radius 2 is 2.26 bits per heavy atom. The number of fused-ring (bicyclic) bond motifs is 2. The summed E-state index contributed by atoms with van der Waals surface area (Å²) in [6, 6.07) is 5.43. The van der Waals surface area contributed by atoms with Crippen molar-refractivity contribution in [3.05, 3.63) is 41.4 Å². The van der Waals surface area contributed by atoms with Gasteiger partial charge < -0.3 is 19.8 Å². The molecule has 0 saturated carbocycles. The third-order valence-corrected chi connectivity index (χ3v) is 4.71. The minimum absolute atomic E-state index is 0.261. The van der Waals surface area contributed by atoms with Crippen LogP contribution in [0.25, 0.3) is 11.2 Å². The van der Waals surface area contributed by atoms with Gasteiger partial charge in [-0.05, 0) is 36.6 Å². The van der Waals surface area contributed by atoms with Crippen molar-refractivity contribution in [2.45, 2.75) is 19.4 Å². The highest BCUT2D eigenvalue weighted by Crippen LogP contribution is 2.30. The van der Waals surface area contributed by atoms with Crippen molar-refractivity contribution in [2.75, 3.05) is 18.9 Å². The van der Waals surface area contributed by atoms with Crippen LogP contribution in [0, 0.1) is 5.92 Å². The number of nitrogens with zero attached hydrogens (tertiary/aromatic N) is 4. The van der Waals surface area contributed by atoms with Gasteiger partial charge in [0.15, 0.2) is 11.5 Å². The molecule has 1 aromatic carbocycles. The van der Waals surface area contributed by atoms with Gasteiger partial charge in [-0.3, -0.25) is 4.79 Å². The molecule has 3 aromatic rings. The van der Waals surface area contributed by atoms with Crippen molar-refractivity contribution in [1.29, 1.82) is 0 Å². The number of anilines is 1. The van der Waals surface area contributed by atoms with Gasteiger partial charge in [-0.1, -0.05) is 11.6 Å². The second kappa shape index (κ2) is 7.40. The lowest BCUT2D eigenvalue weighted by molar-refractivity contribution is -0.150. The smallest absolute Gasteiger partial charge is 0.312 e. The summed E-state index contributed by atoms with van der Waals surface area (Å²) in [4.78, 5) is 24.6. The SMILES string of the molecule is Nc1ncnc2c1ncn2CCCOC(=O)C1COc2ccc(Cl)cc2C1. The summed E-state index contributed by atoms with van der Waals surface area (Å²) in [5.41, 5.74) is 7.95. The number of aryl methyl sites for hydroxylation is 1. The average Bonchev–Trinajstić information content (AvgIpc) is 3.09. The molecule has 0 saturated heterocycles. The van der Waals surface area contributed by atoms with E-state index in [0.29, 0.717) is 54.6 Å². The maximum atomic E-state index is 12.3. The standard InChI is InChI=1S/C18H18ClN5O3/c19-13-2-3-14-11(7-13)6-12(8-27-14)18(25)26-5-1-4-24-10-23-15-16(20)21-9-22-17(15)24/h2-3,7,9-10,12H,1,4-6,8H2,(H2,20,21,22). The van der Waals surface area contributed by atoms with E-state index in [1.807, 2.05) is 16.7 Å². The Labute approximate surface area is 160 Å². The Morgan fingerprint density at radius 1 is 1.37 bits per heavy atom. The number of esters is 1. The first kappa shape index (κ1) is 17.5. The lowest BCUT2D eigenvalue weighted by atomic mass is 9.97. The second-order valence-corrected chi connectivity index (χ2v) is 6.79. The van der Waals surface area contributed by atoms with E-state index in [0.717, 1.165) is 11.3 Å². The van der Waals surface area contributed by atoms with E-state index in [1.165, 1.54) is 6.33 Å². The zero-order chi connectivity index (χ0) is 18.8. The predicted molar refractivity (Wildman–Crippen MR) is 99.5 cm³/mol. The summed E-state index contributed by atoms with van der Waals surface area (Å²) >= 11 is 6.01. The third-order valence-electron chi connectivity index (χ3n) is 4.48. The molecule has 1 aliphatic heterocycles. The van der Waals surface area contributed by atoms with Gasteiger partial charge in [0.1, 0.15) is 24.2 Å². The summed E-state index contributed by atoms with van der Waals surface area (Å²) in [6.07, 6.45) is 4.27. The second-order valence-electron chi connectivity index (χ2n) is 6.35. The molecule has 27 heavy (non-hydrogen) atoms. The van der Waals surface area contributed by atoms with Crippen molar-refractivity contribution in [3.8, 4) is 5.75 Å². The number of halogens is 1. The minimum atomic E-state index is -0.322. The van der Waals surface area contributed by atoms with Crippen molar-refractivity contribution < 1.29 is 14.3 Å². The lowest BCUT2D eigenvalue weighted by Crippen LogP contribution is -2.30. The first-order valence-corrected chi connectivity index (χ1v) is 8.99. The Hall–Kier alpha value is -2.87. The molecule has 3 heterocycles. The Kier molecular flexibility index (Phi) is 4.81. The number of ether oxygens (including phenoxy) is 2. The van der Waals surface area contributed by atoms with Gasteiger partial charge in [-0.25, -0.2) is 15.0 Å². The first-order valence-electron chi connectivity index (χ1n) is 8.61. The minimum Gasteiger partial charge on any atom is -0.492 e. The fourth-order valence-electron chi connectivity index (χ4n) is 3.10. The number of nitrogen functional groups attached to an aromatic ring is 1. The topological polar surface area (TPSA) is 105 Å². The van der Waals surface area contributed by atoms with Crippen LogP contribution < -0.4 is 10.5 Å². The van der Waals surface area contributed by atoms with Crippen LogP contribution in [0.1, 0.15) is 12.0 Å². The maximum absolute atomic E-state index is 12.3. The van der Waals surface area contributed by atoms with Crippen LogP contribution in [-0.4, -0.2) is 38.7 Å². The van der Waals surface area contributed by atoms with E-state index < -0.39 is 0 Å². The maximum Gasteiger partial charge on any atom is 0.312 e. The molecule has 0 amide bonds. The van der Waals surface area contributed by atoms with E-state index in [9.17, 15) is 4.79 Å². The molecule has 1 aliphatic rings. The fourth-order valence-corrected chi connectivity index (χ4v) is 3.30. The number of carbonyl (C=O) groups is 1. The van der Waals surface area contributed by atoms with E-state index >= 15 is 0 Å². The average molecular weight is 388 g/mol. The summed E-state index contributed by atoms with van der Waals surface area (Å²) in [5, 5.41) is 0.628. The molecular formula is C18H18ClN5O3. The van der Waals surface area contributed by atoms with Gasteiger partial charge >= 0.3 is 5.97 Å². The van der Waals surface area contributed by atoms with Crippen LogP contribution in [0.4, 0.5) is 5.82 Å². The van der Waals surface area contributed by atoms with Gasteiger partial charge in [0.25, 0.3) is 0 Å². The van der Waals surface area contributed by atoms with Crippen LogP contribution in [0.15, 0.2) is 30.9 Å². The summed E-state index contributed by atoms with van der Waals surface area (Å²) in [7, 11) is 0. The van der Waals surface area contributed by atoms with Gasteiger partial charge in [-0.2, -0.15) is 0 Å². The van der Waals surface area contributed by atoms with Crippen LogP contribution >= 0.6 is 11.6 Å². The number of carbonyl (C=O) groups excluding carboxylic acids is 1. The number of rotatable bonds is 5. The van der Waals surface area contributed by atoms with Crippen molar-refractivity contribution in [2.24, 2.45) is 5.92 Å². The molecule has 0 fully saturated rings. The number of hydrogen-bond acceptors (Lipinski definition) is 7. The number of benzene rings is 1. The summed E-state index contributed by atoms with van der Waals surface area (Å²) < 4.78 is 12.9. The highest BCUT2D eigenvalue weighted by molar-refractivity contribution is 6.30.